The van der Waals surface area contributed by atoms with Crippen molar-refractivity contribution in [2.45, 2.75) is 12.8 Å². The number of hydrogen-bond acceptors (Lipinski definition) is 6. The average molecular weight is 325 g/mol. The normalized spacial score (nSPS) is 9.26. The minimum atomic E-state index is -1.06. The van der Waals surface area contributed by atoms with Gasteiger partial charge in [-0.15, -0.1) is 0 Å². The first-order valence-electron chi connectivity index (χ1n) is 5.18. The Morgan fingerprint density at radius 2 is 1.05 bits per heavy atom. The van der Waals surface area contributed by atoms with E-state index in [0.29, 0.717) is 26.2 Å². The third-order valence-corrected chi connectivity index (χ3v) is 2.26. The molecule has 0 fully saturated rings. The fraction of sp³-hybridized carbons (Fsp3) is 0.800. The Bertz CT molecular complexity index is 218. The van der Waals surface area contributed by atoms with Crippen LogP contribution < -0.4 is 10.2 Å². The Morgan fingerprint density at radius 1 is 0.789 bits per heavy atom. The maximum atomic E-state index is 10.2. The first kappa shape index (κ1) is 26.8. The summed E-state index contributed by atoms with van der Waals surface area (Å²) in [5, 5.41) is 20.4. The molecule has 0 bridgehead atoms. The van der Waals surface area contributed by atoms with Gasteiger partial charge in [0, 0.05) is 38.1 Å². The van der Waals surface area contributed by atoms with Crippen molar-refractivity contribution in [1.82, 2.24) is 9.80 Å². The summed E-state index contributed by atoms with van der Waals surface area (Å²) in [5.74, 6) is -2.12. The summed E-state index contributed by atoms with van der Waals surface area (Å²) in [5.41, 5.74) is 0. The summed E-state index contributed by atoms with van der Waals surface area (Å²) in [4.78, 5) is 24.1. The van der Waals surface area contributed by atoms with Crippen LogP contribution in [0.15, 0.2) is 0 Å². The van der Waals surface area contributed by atoms with Gasteiger partial charge < -0.3 is 40.6 Å². The minimum Gasteiger partial charge on any atom is -0.550 e. The maximum Gasteiger partial charge on any atom is 2.00 e. The SMILES string of the molecule is CN(CCC(=O)[O-])CCN(C)CCC(=O)[O-].O.O.[Co+2]. The van der Waals surface area contributed by atoms with Crippen molar-refractivity contribution in [2.75, 3.05) is 40.3 Å². The van der Waals surface area contributed by atoms with Gasteiger partial charge in [0.1, 0.15) is 0 Å². The predicted molar refractivity (Wildman–Crippen MR) is 61.5 cm³/mol. The molecule has 0 saturated heterocycles. The third-order valence-electron chi connectivity index (χ3n) is 2.26. The van der Waals surface area contributed by atoms with Gasteiger partial charge in [0.25, 0.3) is 0 Å². The molecule has 0 saturated carbocycles. The Kier molecular flexibility index (Phi) is 21.6. The number of carbonyl (C=O) groups excluding carboxylic acids is 2. The van der Waals surface area contributed by atoms with E-state index in [2.05, 4.69) is 0 Å². The first-order valence-corrected chi connectivity index (χ1v) is 5.18. The fourth-order valence-electron chi connectivity index (χ4n) is 1.13. The minimum absolute atomic E-state index is 0. The van der Waals surface area contributed by atoms with Gasteiger partial charge in [-0.2, -0.15) is 0 Å². The monoisotopic (exact) mass is 325 g/mol. The van der Waals surface area contributed by atoms with E-state index in [1.54, 1.807) is 0 Å². The van der Waals surface area contributed by atoms with E-state index in [0.717, 1.165) is 0 Å². The number of carboxylic acids is 2. The summed E-state index contributed by atoms with van der Waals surface area (Å²) < 4.78 is 0. The molecule has 0 aromatic heterocycles. The fourth-order valence-corrected chi connectivity index (χ4v) is 1.13. The van der Waals surface area contributed by atoms with Crippen LogP contribution in [0.2, 0.25) is 0 Å². The van der Waals surface area contributed by atoms with Gasteiger partial charge in [0.15, 0.2) is 0 Å². The zero-order chi connectivity index (χ0) is 12.6. The van der Waals surface area contributed by atoms with E-state index in [4.69, 9.17) is 0 Å². The molecule has 0 heterocycles. The zero-order valence-corrected chi connectivity index (χ0v) is 12.1. The molecular formula is C10H22CoN2O6. The number of carbonyl (C=O) groups is 2. The number of carboxylic acid groups (broad SMARTS) is 2. The summed E-state index contributed by atoms with van der Waals surface area (Å²) >= 11 is 0. The number of nitrogens with zero attached hydrogens (tertiary/aromatic N) is 2. The number of likely N-dealkylation sites (N-methyl/N-ethyl adjacent to an activating group) is 2. The molecule has 4 N–H and O–H groups in total. The molecule has 0 unspecified atom stereocenters. The second kappa shape index (κ2) is 15.3. The molecule has 0 aromatic carbocycles. The standard InChI is InChI=1S/C10H20N2O4.Co.2H2O/c1-11(5-3-9(13)14)7-8-12(2)6-4-10(15)16;;;/h3-8H2,1-2H3,(H,13,14)(H,15,16);;2*1H2/q;+2;;/p-2. The zero-order valence-electron chi connectivity index (χ0n) is 11.1. The molecule has 0 aliphatic heterocycles. The molecule has 0 aromatic rings. The molecule has 1 radical (unpaired) electrons. The van der Waals surface area contributed by atoms with E-state index in [-0.39, 0.29) is 40.6 Å². The van der Waals surface area contributed by atoms with Gasteiger partial charge in [0.05, 0.1) is 0 Å². The van der Waals surface area contributed by atoms with E-state index in [9.17, 15) is 19.8 Å². The largest absolute Gasteiger partial charge is 2.00 e. The van der Waals surface area contributed by atoms with Crippen molar-refractivity contribution in [3.05, 3.63) is 0 Å². The number of aliphatic carboxylic acids is 2. The second-order valence-electron chi connectivity index (χ2n) is 3.85. The van der Waals surface area contributed by atoms with Gasteiger partial charge in [-0.1, -0.05) is 0 Å². The molecule has 117 valence electrons. The molecule has 0 amide bonds. The predicted octanol–water partition coefficient (Wildman–Crippen LogP) is -4.52. The number of hydrogen-bond donors (Lipinski definition) is 0. The van der Waals surface area contributed by atoms with Crippen LogP contribution in [0.5, 0.6) is 0 Å². The second-order valence-corrected chi connectivity index (χ2v) is 3.85. The van der Waals surface area contributed by atoms with E-state index < -0.39 is 11.9 Å². The molecule has 0 aliphatic carbocycles. The van der Waals surface area contributed by atoms with Crippen LogP contribution in [0.4, 0.5) is 0 Å². The van der Waals surface area contributed by atoms with E-state index in [1.165, 1.54) is 0 Å². The van der Waals surface area contributed by atoms with Crippen LogP contribution in [0.3, 0.4) is 0 Å². The third kappa shape index (κ3) is 19.8. The Labute approximate surface area is 123 Å². The van der Waals surface area contributed by atoms with Crippen LogP contribution in [-0.4, -0.2) is 73.0 Å². The molecule has 0 spiro atoms. The maximum absolute atomic E-state index is 10.2. The van der Waals surface area contributed by atoms with Crippen molar-refractivity contribution in [1.29, 1.82) is 0 Å². The summed E-state index contributed by atoms with van der Waals surface area (Å²) in [7, 11) is 3.63. The summed E-state index contributed by atoms with van der Waals surface area (Å²) in [6.45, 7) is 2.26. The topological polar surface area (TPSA) is 150 Å². The van der Waals surface area contributed by atoms with Crippen LogP contribution in [0, 0.1) is 0 Å². The van der Waals surface area contributed by atoms with Crippen molar-refractivity contribution >= 4 is 11.9 Å². The van der Waals surface area contributed by atoms with Crippen LogP contribution in [0.25, 0.3) is 0 Å². The van der Waals surface area contributed by atoms with Gasteiger partial charge in [-0.25, -0.2) is 0 Å². The Balaban J connectivity index is -0.000000375. The smallest absolute Gasteiger partial charge is 0.550 e. The molecule has 0 rings (SSSR count). The van der Waals surface area contributed by atoms with Crippen LogP contribution in [0.1, 0.15) is 12.8 Å². The average Bonchev–Trinajstić information content (AvgIpc) is 2.20. The van der Waals surface area contributed by atoms with Crippen LogP contribution in [-0.2, 0) is 26.4 Å². The Morgan fingerprint density at radius 3 is 1.26 bits per heavy atom. The van der Waals surface area contributed by atoms with Crippen LogP contribution >= 0.6 is 0 Å². The van der Waals surface area contributed by atoms with E-state index in [1.807, 2.05) is 23.9 Å². The van der Waals surface area contributed by atoms with Crippen molar-refractivity contribution in [3.63, 3.8) is 0 Å². The quantitative estimate of drug-likeness (QED) is 0.417. The van der Waals surface area contributed by atoms with E-state index >= 15 is 0 Å². The van der Waals surface area contributed by atoms with Gasteiger partial charge in [-0.05, 0) is 26.9 Å². The Hall–Kier alpha value is -0.714. The van der Waals surface area contributed by atoms with Crippen molar-refractivity contribution in [3.8, 4) is 0 Å². The van der Waals surface area contributed by atoms with Gasteiger partial charge >= 0.3 is 16.8 Å². The first-order chi connectivity index (χ1) is 7.41. The van der Waals surface area contributed by atoms with Gasteiger partial charge in [0.2, 0.25) is 0 Å². The summed E-state index contributed by atoms with van der Waals surface area (Å²) in [6.07, 6.45) is 0.0263. The molecule has 19 heavy (non-hydrogen) atoms. The number of rotatable bonds is 9. The summed E-state index contributed by atoms with van der Waals surface area (Å²) in [6, 6.07) is 0. The molecule has 8 nitrogen and oxygen atoms in total. The molecular weight excluding hydrogens is 303 g/mol. The molecule has 0 atom stereocenters. The molecule has 9 heteroatoms. The van der Waals surface area contributed by atoms with Crippen molar-refractivity contribution in [2.24, 2.45) is 0 Å². The molecule has 0 aliphatic rings. The van der Waals surface area contributed by atoms with Gasteiger partial charge in [-0.3, -0.25) is 0 Å². The van der Waals surface area contributed by atoms with Crippen molar-refractivity contribution < 1.29 is 47.5 Å².